The van der Waals surface area contributed by atoms with E-state index in [0.717, 1.165) is 65.4 Å². The van der Waals surface area contributed by atoms with Gasteiger partial charge < -0.3 is 15.2 Å². The molecule has 0 bridgehead atoms. The number of piperazine rings is 1. The molecule has 0 amide bonds. The highest BCUT2D eigenvalue weighted by Gasteiger charge is 2.17. The molecule has 0 saturated carbocycles. The maximum Gasteiger partial charge on any atom is 0.166 e. The van der Waals surface area contributed by atoms with E-state index >= 15 is 0 Å². The molecule has 0 spiro atoms. The average Bonchev–Trinajstić information content (AvgIpc) is 2.99. The summed E-state index contributed by atoms with van der Waals surface area (Å²) in [7, 11) is 0. The van der Waals surface area contributed by atoms with Gasteiger partial charge in [0.1, 0.15) is 0 Å². The molecule has 5 nitrogen and oxygen atoms in total. The van der Waals surface area contributed by atoms with E-state index in [1.165, 1.54) is 0 Å². The number of halogens is 3. The monoisotopic (exact) mass is 467 g/mol. The quantitative estimate of drug-likeness (QED) is 0.578. The minimum atomic E-state index is 0. The number of hydrogen-bond acceptors (Lipinski definition) is 5. The third kappa shape index (κ3) is 6.31. The lowest BCUT2D eigenvalue weighted by atomic mass is 10.2. The first-order valence-electron chi connectivity index (χ1n) is 9.49. The number of H-pyrrole nitrogens is 1. The molecule has 0 atom stereocenters. The van der Waals surface area contributed by atoms with Crippen LogP contribution in [0.15, 0.2) is 17.3 Å². The molecule has 0 unspecified atom stereocenters. The summed E-state index contributed by atoms with van der Waals surface area (Å²) in [5, 5.41) is 5.15. The highest BCUT2D eigenvalue weighted by Crippen LogP contribution is 2.31. The van der Waals surface area contributed by atoms with Gasteiger partial charge in [-0.3, -0.25) is 4.90 Å². The first kappa shape index (κ1) is 25.7. The van der Waals surface area contributed by atoms with Crippen molar-refractivity contribution in [3.8, 4) is 0 Å². The smallest absolute Gasteiger partial charge is 0.166 e. The Hall–Kier alpha value is -0.370. The maximum absolute atomic E-state index is 6.54. The molecule has 2 N–H and O–H groups in total. The van der Waals surface area contributed by atoms with Gasteiger partial charge in [0, 0.05) is 50.6 Å². The number of aromatic amines is 1. The standard InChI is InChI=1S/C19H30ClN5S.2ClH/c1-13(2)25(14(3)4)9-10-26-19-22-16-11-15(20)18(12-17(16)23-19)24-7-5-21-6-8-24;;/h11-14,21H,5-10H2,1-4H3,(H,22,23);2*1H. The number of anilines is 1. The van der Waals surface area contributed by atoms with Gasteiger partial charge in [-0.2, -0.15) is 0 Å². The molecule has 1 aliphatic heterocycles. The second-order valence-electron chi connectivity index (χ2n) is 7.37. The van der Waals surface area contributed by atoms with E-state index in [9.17, 15) is 0 Å². The van der Waals surface area contributed by atoms with Crippen molar-refractivity contribution in [3.05, 3.63) is 17.2 Å². The van der Waals surface area contributed by atoms with Crippen LogP contribution < -0.4 is 10.2 Å². The van der Waals surface area contributed by atoms with Crippen molar-refractivity contribution in [2.75, 3.05) is 43.4 Å². The van der Waals surface area contributed by atoms with Crippen LogP contribution in [-0.4, -0.2) is 65.4 Å². The van der Waals surface area contributed by atoms with E-state index in [-0.39, 0.29) is 24.8 Å². The Bertz CT molecular complexity index is 724. The minimum absolute atomic E-state index is 0. The van der Waals surface area contributed by atoms with Gasteiger partial charge in [-0.25, -0.2) is 4.98 Å². The number of aromatic nitrogens is 2. The fourth-order valence-corrected chi connectivity index (χ4v) is 4.70. The van der Waals surface area contributed by atoms with Gasteiger partial charge in [-0.05, 0) is 39.8 Å². The summed E-state index contributed by atoms with van der Waals surface area (Å²) in [6.45, 7) is 14.0. The number of nitrogens with one attached hydrogen (secondary N) is 2. The summed E-state index contributed by atoms with van der Waals surface area (Å²) < 4.78 is 0. The summed E-state index contributed by atoms with van der Waals surface area (Å²) in [6, 6.07) is 5.26. The molecule has 2 heterocycles. The summed E-state index contributed by atoms with van der Waals surface area (Å²) in [6.07, 6.45) is 0. The number of nitrogens with zero attached hydrogens (tertiary/aromatic N) is 3. The third-order valence-corrected chi connectivity index (χ3v) is 6.06. The number of fused-ring (bicyclic) bond motifs is 1. The molecule has 2 aromatic rings. The van der Waals surface area contributed by atoms with E-state index in [2.05, 4.69) is 53.9 Å². The molecule has 9 heteroatoms. The maximum atomic E-state index is 6.54. The molecular weight excluding hydrogens is 437 g/mol. The summed E-state index contributed by atoms with van der Waals surface area (Å²) in [4.78, 5) is 13.0. The van der Waals surface area contributed by atoms with Gasteiger partial charge in [0.05, 0.1) is 21.7 Å². The molecule has 1 aromatic carbocycles. The van der Waals surface area contributed by atoms with Crippen LogP contribution in [0.2, 0.25) is 5.02 Å². The normalized spacial score (nSPS) is 14.6. The molecule has 1 saturated heterocycles. The zero-order valence-corrected chi connectivity index (χ0v) is 20.2. The molecule has 1 aromatic heterocycles. The summed E-state index contributed by atoms with van der Waals surface area (Å²) in [5.74, 6) is 1.02. The van der Waals surface area contributed by atoms with E-state index in [1.807, 2.05) is 6.07 Å². The fourth-order valence-electron chi connectivity index (χ4n) is 3.57. The van der Waals surface area contributed by atoms with Crippen molar-refractivity contribution >= 4 is 64.9 Å². The van der Waals surface area contributed by atoms with Gasteiger partial charge in [0.2, 0.25) is 0 Å². The van der Waals surface area contributed by atoms with E-state index in [1.54, 1.807) is 11.8 Å². The minimum Gasteiger partial charge on any atom is -0.368 e. The first-order chi connectivity index (χ1) is 12.5. The van der Waals surface area contributed by atoms with E-state index in [0.29, 0.717) is 12.1 Å². The van der Waals surface area contributed by atoms with E-state index in [4.69, 9.17) is 16.6 Å². The molecule has 1 aliphatic rings. The summed E-state index contributed by atoms with van der Waals surface area (Å²) in [5.41, 5.74) is 3.10. The molecule has 28 heavy (non-hydrogen) atoms. The Morgan fingerprint density at radius 1 is 1.14 bits per heavy atom. The Morgan fingerprint density at radius 3 is 2.39 bits per heavy atom. The Kier molecular flexibility index (Phi) is 10.7. The zero-order valence-electron chi connectivity index (χ0n) is 17.0. The SMILES string of the molecule is CC(C)N(CCSc1nc2cc(N3CCNCC3)c(Cl)cc2[nH]1)C(C)C.Cl.Cl. The van der Waals surface area contributed by atoms with Crippen LogP contribution in [0.25, 0.3) is 11.0 Å². The average molecular weight is 469 g/mol. The first-order valence-corrected chi connectivity index (χ1v) is 10.9. The number of rotatable bonds is 7. The third-order valence-electron chi connectivity index (χ3n) is 4.90. The van der Waals surface area contributed by atoms with Gasteiger partial charge in [0.15, 0.2) is 5.16 Å². The number of thioether (sulfide) groups is 1. The van der Waals surface area contributed by atoms with Crippen molar-refractivity contribution in [2.24, 2.45) is 0 Å². The molecule has 3 rings (SSSR count). The fraction of sp³-hybridized carbons (Fsp3) is 0.632. The second-order valence-corrected chi connectivity index (χ2v) is 8.86. The topological polar surface area (TPSA) is 47.2 Å². The molecule has 0 radical (unpaired) electrons. The molecular formula is C19H32Cl3N5S. The van der Waals surface area contributed by atoms with Crippen molar-refractivity contribution in [1.82, 2.24) is 20.2 Å². The van der Waals surface area contributed by atoms with Crippen molar-refractivity contribution in [3.63, 3.8) is 0 Å². The highest BCUT2D eigenvalue weighted by molar-refractivity contribution is 7.99. The molecule has 160 valence electrons. The number of hydrogen-bond donors (Lipinski definition) is 2. The number of imidazole rings is 1. The van der Waals surface area contributed by atoms with E-state index < -0.39 is 0 Å². The van der Waals surface area contributed by atoms with Crippen LogP contribution in [0.3, 0.4) is 0 Å². The molecule has 1 fully saturated rings. The predicted octanol–water partition coefficient (Wildman–Crippen LogP) is 4.68. The Labute approximate surface area is 190 Å². The Balaban J connectivity index is 0.00000196. The number of benzene rings is 1. The van der Waals surface area contributed by atoms with Crippen LogP contribution in [0, 0.1) is 0 Å². The van der Waals surface area contributed by atoms with Crippen molar-refractivity contribution < 1.29 is 0 Å². The molecule has 0 aliphatic carbocycles. The largest absolute Gasteiger partial charge is 0.368 e. The van der Waals surface area contributed by atoms with Crippen LogP contribution in [0.1, 0.15) is 27.7 Å². The lowest BCUT2D eigenvalue weighted by Gasteiger charge is -2.30. The second kappa shape index (κ2) is 11.7. The van der Waals surface area contributed by atoms with Gasteiger partial charge in [-0.15, -0.1) is 24.8 Å². The van der Waals surface area contributed by atoms with Gasteiger partial charge in [0.25, 0.3) is 0 Å². The van der Waals surface area contributed by atoms with Gasteiger partial charge >= 0.3 is 0 Å². The van der Waals surface area contributed by atoms with Crippen LogP contribution in [-0.2, 0) is 0 Å². The van der Waals surface area contributed by atoms with Crippen LogP contribution in [0.4, 0.5) is 5.69 Å². The van der Waals surface area contributed by atoms with Crippen molar-refractivity contribution in [2.45, 2.75) is 44.9 Å². The van der Waals surface area contributed by atoms with Crippen LogP contribution >= 0.6 is 48.2 Å². The Morgan fingerprint density at radius 2 is 1.79 bits per heavy atom. The van der Waals surface area contributed by atoms with Crippen molar-refractivity contribution in [1.29, 1.82) is 0 Å². The zero-order chi connectivity index (χ0) is 18.7. The lowest BCUT2D eigenvalue weighted by Crippen LogP contribution is -2.43. The summed E-state index contributed by atoms with van der Waals surface area (Å²) >= 11 is 8.32. The lowest BCUT2D eigenvalue weighted by molar-refractivity contribution is 0.187. The predicted molar refractivity (Wildman–Crippen MR) is 128 cm³/mol. The van der Waals surface area contributed by atoms with Gasteiger partial charge in [-0.1, -0.05) is 23.4 Å². The van der Waals surface area contributed by atoms with Crippen LogP contribution in [0.5, 0.6) is 0 Å². The highest BCUT2D eigenvalue weighted by atomic mass is 35.5.